The largest absolute Gasteiger partial charge is 0.349 e. The summed E-state index contributed by atoms with van der Waals surface area (Å²) in [5.74, 6) is 0.182. The van der Waals surface area contributed by atoms with Gasteiger partial charge in [-0.25, -0.2) is 0 Å². The van der Waals surface area contributed by atoms with Crippen LogP contribution in [-0.4, -0.2) is 16.9 Å². The van der Waals surface area contributed by atoms with Crippen molar-refractivity contribution in [2.24, 2.45) is 5.92 Å². The van der Waals surface area contributed by atoms with Crippen LogP contribution in [0.3, 0.4) is 0 Å². The molecule has 0 bridgehead atoms. The topological polar surface area (TPSA) is 72.2 Å². The molecule has 6 heteroatoms. The molecule has 0 radical (unpaired) electrons. The van der Waals surface area contributed by atoms with E-state index in [9.17, 15) is 14.9 Å². The first-order chi connectivity index (χ1) is 9.47. The smallest absolute Gasteiger partial charge is 0.283 e. The van der Waals surface area contributed by atoms with Gasteiger partial charge in [0.25, 0.3) is 11.6 Å². The molecular formula is C14H17ClN2O3. The first kappa shape index (κ1) is 14.8. The van der Waals surface area contributed by atoms with E-state index in [0.717, 1.165) is 19.3 Å². The molecule has 0 aromatic heterocycles. The monoisotopic (exact) mass is 296 g/mol. The van der Waals surface area contributed by atoms with Crippen LogP contribution >= 0.6 is 11.6 Å². The number of carbonyl (C=O) groups is 1. The van der Waals surface area contributed by atoms with Crippen molar-refractivity contribution < 1.29 is 9.72 Å². The summed E-state index contributed by atoms with van der Waals surface area (Å²) in [4.78, 5) is 22.6. The summed E-state index contributed by atoms with van der Waals surface area (Å²) < 4.78 is 0. The molecule has 2 unspecified atom stereocenters. The molecular weight excluding hydrogens is 280 g/mol. The summed E-state index contributed by atoms with van der Waals surface area (Å²) in [6.07, 6.45) is 4.10. The third kappa shape index (κ3) is 3.48. The van der Waals surface area contributed by atoms with E-state index < -0.39 is 10.8 Å². The van der Waals surface area contributed by atoms with E-state index in [0.29, 0.717) is 5.92 Å². The quantitative estimate of drug-likeness (QED) is 0.684. The predicted molar refractivity (Wildman–Crippen MR) is 77.0 cm³/mol. The molecule has 1 saturated carbocycles. The SMILES string of the molecule is CC1CCCC(NC(=O)c2ccc(Cl)cc2[N+](=O)[O-])C1. The number of nitrogens with zero attached hydrogens (tertiary/aromatic N) is 1. The van der Waals surface area contributed by atoms with Gasteiger partial charge in [-0.1, -0.05) is 31.4 Å². The van der Waals surface area contributed by atoms with Gasteiger partial charge >= 0.3 is 0 Å². The van der Waals surface area contributed by atoms with Crippen LogP contribution in [0.5, 0.6) is 0 Å². The average Bonchev–Trinajstić information content (AvgIpc) is 2.38. The van der Waals surface area contributed by atoms with Gasteiger partial charge in [0.1, 0.15) is 5.56 Å². The van der Waals surface area contributed by atoms with Gasteiger partial charge in [0.2, 0.25) is 0 Å². The third-order valence-electron chi connectivity index (χ3n) is 3.67. The number of hydrogen-bond donors (Lipinski definition) is 1. The molecule has 1 N–H and O–H groups in total. The number of amides is 1. The summed E-state index contributed by atoms with van der Waals surface area (Å²) >= 11 is 5.74. The molecule has 1 amide bonds. The van der Waals surface area contributed by atoms with Gasteiger partial charge < -0.3 is 5.32 Å². The summed E-state index contributed by atoms with van der Waals surface area (Å²) in [5, 5.41) is 14.1. The lowest BCUT2D eigenvalue weighted by Crippen LogP contribution is -2.38. The Morgan fingerprint density at radius 3 is 2.85 bits per heavy atom. The van der Waals surface area contributed by atoms with Crippen LogP contribution in [0, 0.1) is 16.0 Å². The van der Waals surface area contributed by atoms with Crippen LogP contribution in [0.15, 0.2) is 18.2 Å². The Bertz CT molecular complexity index is 533. The standard InChI is InChI=1S/C14H17ClN2O3/c1-9-3-2-4-11(7-9)16-14(18)12-6-5-10(15)8-13(12)17(19)20/h5-6,8-9,11H,2-4,7H2,1H3,(H,16,18). The highest BCUT2D eigenvalue weighted by atomic mass is 35.5. The zero-order chi connectivity index (χ0) is 14.7. The number of benzene rings is 1. The maximum absolute atomic E-state index is 12.2. The highest BCUT2D eigenvalue weighted by Crippen LogP contribution is 2.26. The molecule has 1 fully saturated rings. The van der Waals surface area contributed by atoms with E-state index in [4.69, 9.17) is 11.6 Å². The number of carbonyl (C=O) groups excluding carboxylic acids is 1. The molecule has 5 nitrogen and oxygen atoms in total. The maximum atomic E-state index is 12.2. The zero-order valence-electron chi connectivity index (χ0n) is 11.3. The van der Waals surface area contributed by atoms with Gasteiger partial charge in [-0.15, -0.1) is 0 Å². The normalized spacial score (nSPS) is 22.3. The molecule has 0 spiro atoms. The minimum absolute atomic E-state index is 0.0672. The zero-order valence-corrected chi connectivity index (χ0v) is 12.0. The highest BCUT2D eigenvalue weighted by Gasteiger charge is 2.25. The number of halogens is 1. The summed E-state index contributed by atoms with van der Waals surface area (Å²) in [6, 6.07) is 4.20. The number of nitrogens with one attached hydrogen (secondary N) is 1. The Morgan fingerprint density at radius 1 is 1.45 bits per heavy atom. The molecule has 0 heterocycles. The van der Waals surface area contributed by atoms with E-state index in [2.05, 4.69) is 12.2 Å². The van der Waals surface area contributed by atoms with Crippen molar-refractivity contribution in [2.75, 3.05) is 0 Å². The Hall–Kier alpha value is -1.62. The number of hydrogen-bond acceptors (Lipinski definition) is 3. The second-order valence-corrected chi connectivity index (χ2v) is 5.80. The Morgan fingerprint density at radius 2 is 2.20 bits per heavy atom. The molecule has 1 aromatic rings. The Labute approximate surface area is 122 Å². The molecule has 2 rings (SSSR count). The molecule has 1 aromatic carbocycles. The van der Waals surface area contributed by atoms with Crippen molar-refractivity contribution in [3.63, 3.8) is 0 Å². The first-order valence-corrected chi connectivity index (χ1v) is 7.10. The predicted octanol–water partition coefficient (Wildman–Crippen LogP) is 3.56. The maximum Gasteiger partial charge on any atom is 0.283 e. The number of rotatable bonds is 3. The van der Waals surface area contributed by atoms with E-state index in [1.54, 1.807) is 0 Å². The van der Waals surface area contributed by atoms with Gasteiger partial charge in [0.05, 0.1) is 4.92 Å². The second kappa shape index (κ2) is 6.22. The summed E-state index contributed by atoms with van der Waals surface area (Å²) in [5.41, 5.74) is -0.184. The van der Waals surface area contributed by atoms with Crippen LogP contribution in [0.2, 0.25) is 5.02 Å². The molecule has 108 valence electrons. The molecule has 0 aliphatic heterocycles. The minimum Gasteiger partial charge on any atom is -0.349 e. The molecule has 0 saturated heterocycles. The average molecular weight is 297 g/mol. The van der Waals surface area contributed by atoms with Crippen molar-refractivity contribution in [2.45, 2.75) is 38.6 Å². The fourth-order valence-corrected chi connectivity index (χ4v) is 2.84. The minimum atomic E-state index is -0.579. The van der Waals surface area contributed by atoms with Gasteiger partial charge in [0.15, 0.2) is 0 Å². The fourth-order valence-electron chi connectivity index (χ4n) is 2.68. The summed E-state index contributed by atoms with van der Waals surface area (Å²) in [6.45, 7) is 2.16. The van der Waals surface area contributed by atoms with E-state index in [1.165, 1.54) is 24.6 Å². The van der Waals surface area contributed by atoms with E-state index >= 15 is 0 Å². The lowest BCUT2D eigenvalue weighted by Gasteiger charge is -2.27. The van der Waals surface area contributed by atoms with Gasteiger partial charge in [0, 0.05) is 17.1 Å². The second-order valence-electron chi connectivity index (χ2n) is 5.36. The van der Waals surface area contributed by atoms with Crippen molar-refractivity contribution in [3.05, 3.63) is 38.9 Å². The molecule has 1 aliphatic rings. The van der Waals surface area contributed by atoms with Crippen LogP contribution < -0.4 is 5.32 Å². The van der Waals surface area contributed by atoms with Crippen molar-refractivity contribution in [3.8, 4) is 0 Å². The van der Waals surface area contributed by atoms with Crippen LogP contribution in [-0.2, 0) is 0 Å². The summed E-state index contributed by atoms with van der Waals surface area (Å²) in [7, 11) is 0. The van der Waals surface area contributed by atoms with Crippen molar-refractivity contribution in [1.82, 2.24) is 5.32 Å². The van der Waals surface area contributed by atoms with Crippen LogP contribution in [0.25, 0.3) is 0 Å². The third-order valence-corrected chi connectivity index (χ3v) is 3.91. The molecule has 20 heavy (non-hydrogen) atoms. The Kier molecular flexibility index (Phi) is 4.60. The lowest BCUT2D eigenvalue weighted by molar-refractivity contribution is -0.385. The van der Waals surface area contributed by atoms with Crippen molar-refractivity contribution >= 4 is 23.2 Å². The number of nitro benzene ring substituents is 1. The van der Waals surface area contributed by atoms with Crippen LogP contribution in [0.1, 0.15) is 43.0 Å². The van der Waals surface area contributed by atoms with Gasteiger partial charge in [-0.3, -0.25) is 14.9 Å². The highest BCUT2D eigenvalue weighted by molar-refractivity contribution is 6.31. The fraction of sp³-hybridized carbons (Fsp3) is 0.500. The van der Waals surface area contributed by atoms with Gasteiger partial charge in [-0.2, -0.15) is 0 Å². The van der Waals surface area contributed by atoms with Crippen LogP contribution in [0.4, 0.5) is 5.69 Å². The van der Waals surface area contributed by atoms with Crippen molar-refractivity contribution in [1.29, 1.82) is 0 Å². The van der Waals surface area contributed by atoms with Gasteiger partial charge in [-0.05, 0) is 30.9 Å². The lowest BCUT2D eigenvalue weighted by atomic mass is 9.87. The Balaban J connectivity index is 2.14. The van der Waals surface area contributed by atoms with E-state index in [-0.39, 0.29) is 22.3 Å². The molecule has 2 atom stereocenters. The first-order valence-electron chi connectivity index (χ1n) is 6.72. The van der Waals surface area contributed by atoms with E-state index in [1.807, 2.05) is 0 Å². The number of nitro groups is 1. The molecule has 1 aliphatic carbocycles.